The molecule has 12 heteroatoms. The van der Waals surface area contributed by atoms with E-state index >= 15 is 0 Å². The van der Waals surface area contributed by atoms with Gasteiger partial charge in [-0.25, -0.2) is 0 Å². The van der Waals surface area contributed by atoms with Gasteiger partial charge in [-0.2, -0.15) is 0 Å². The lowest BCUT2D eigenvalue weighted by molar-refractivity contribution is 0.00578. The lowest BCUT2D eigenvalue weighted by Crippen LogP contribution is -2.41. The van der Waals surface area contributed by atoms with Crippen LogP contribution in [0.4, 0.5) is 34.1 Å². The molecule has 0 radical (unpaired) electrons. The number of hydrogen-bond donors (Lipinski definition) is 0. The van der Waals surface area contributed by atoms with Gasteiger partial charge in [0, 0.05) is 38.6 Å². The minimum absolute atomic E-state index is 0.349. The van der Waals surface area contributed by atoms with Crippen molar-refractivity contribution >= 4 is 76.7 Å². The number of hydrogen-bond acceptors (Lipinski definition) is 8. The summed E-state index contributed by atoms with van der Waals surface area (Å²) in [7, 11) is -1.31. The summed E-state index contributed by atoms with van der Waals surface area (Å²) in [5.74, 6) is 0. The highest BCUT2D eigenvalue weighted by molar-refractivity contribution is 9.10. The molecule has 8 nitrogen and oxygen atoms in total. The van der Waals surface area contributed by atoms with Crippen molar-refractivity contribution in [3.63, 3.8) is 0 Å². The molecular weight excluding hydrogens is 957 g/mol. The summed E-state index contributed by atoms with van der Waals surface area (Å²) >= 11 is 3.59. The van der Waals surface area contributed by atoms with Gasteiger partial charge in [-0.1, -0.05) is 92.8 Å². The van der Waals surface area contributed by atoms with Crippen LogP contribution >= 0.6 is 15.9 Å². The van der Waals surface area contributed by atoms with Crippen molar-refractivity contribution < 1.29 is 27.9 Å². The van der Waals surface area contributed by atoms with Crippen molar-refractivity contribution in [2.45, 2.75) is 158 Å². The van der Waals surface area contributed by atoms with E-state index in [4.69, 9.17) is 27.9 Å². The molecule has 0 atom stereocenters. The lowest BCUT2D eigenvalue weighted by atomic mass is 9.49. The van der Waals surface area contributed by atoms with E-state index in [1.165, 1.54) is 44.9 Å². The van der Waals surface area contributed by atoms with Gasteiger partial charge in [0.2, 0.25) is 0 Å². The van der Waals surface area contributed by atoms with Crippen LogP contribution in [0.15, 0.2) is 138 Å². The fraction of sp³-hybridized carbons (Fsp3) is 0.400. The van der Waals surface area contributed by atoms with Crippen molar-refractivity contribution in [1.82, 2.24) is 0 Å². The third-order valence-electron chi connectivity index (χ3n) is 15.4. The summed E-state index contributed by atoms with van der Waals surface area (Å²) in [6, 6.07) is 47.6. The molecule has 9 rings (SSSR count). The summed E-state index contributed by atoms with van der Waals surface area (Å²) in [5, 5.41) is 0. The topological polar surface area (TPSA) is 61.9 Å². The smallest absolute Gasteiger partial charge is 0.405 e. The Morgan fingerprint density at radius 2 is 0.569 bits per heavy atom. The van der Waals surface area contributed by atoms with Crippen LogP contribution in [-0.2, 0) is 27.9 Å². The molecule has 0 amide bonds. The van der Waals surface area contributed by atoms with Crippen LogP contribution < -0.4 is 15.3 Å². The van der Waals surface area contributed by atoms with E-state index in [1.807, 2.05) is 55.4 Å². The van der Waals surface area contributed by atoms with Gasteiger partial charge in [0.25, 0.3) is 0 Å². The first kappa shape index (κ1) is 55.1. The second-order valence-corrected chi connectivity index (χ2v) is 23.7. The summed E-state index contributed by atoms with van der Waals surface area (Å²) < 4.78 is 37.6. The SMILES string of the molecule is CC1(C)OB(B2OC(C)(C)C(C)(C)O2)OC1(C)C.Cc1ccc(N(c2ccc(C)cc2)c2ccc(B3OC(C)(C)C(C)(C)O3)c(C)c2)cc1.Cc1ccc(N(c2ccc(C)cc2)c2ccc(Br)c(C)c2)cc1. The highest BCUT2D eigenvalue weighted by atomic mass is 79.9. The molecular formula is C60H76B3BrN2O6. The third-order valence-corrected chi connectivity index (χ3v) is 16.2. The van der Waals surface area contributed by atoms with Crippen LogP contribution in [0, 0.1) is 41.5 Å². The second-order valence-electron chi connectivity index (χ2n) is 22.8. The standard InChI is InChI=1S/C27H32BNO2.C21H20BrN.C12H24B2O4/c1-19-8-12-22(13-9-19)29(23-14-10-20(2)11-15-23)24-16-17-25(21(3)18-24)28-30-26(4,5)27(6,7)31-28;1-15-4-8-18(9-5-15)23(19-10-6-16(2)7-11-19)20-12-13-21(22)17(3)14-20;1-9(2)10(3,4)16-13(15-9)14-17-11(5,6)12(7,8)18-14/h8-18H,1-7H3;4-14H,1-3H3;1-8H3. The molecule has 0 unspecified atom stereocenters. The first-order valence-electron chi connectivity index (χ1n) is 25.3. The van der Waals surface area contributed by atoms with Crippen LogP contribution in [0.3, 0.4) is 0 Å². The van der Waals surface area contributed by atoms with Crippen molar-refractivity contribution in [2.24, 2.45) is 0 Å². The molecule has 0 bridgehead atoms. The summed E-state index contributed by atoms with van der Waals surface area (Å²) in [6.45, 7) is 37.3. The fourth-order valence-electron chi connectivity index (χ4n) is 8.47. The molecule has 3 heterocycles. The Morgan fingerprint density at radius 1 is 0.319 bits per heavy atom. The summed E-state index contributed by atoms with van der Waals surface area (Å²) in [5.41, 5.74) is 13.2. The van der Waals surface area contributed by atoms with E-state index in [9.17, 15) is 0 Å². The molecule has 3 aliphatic rings. The lowest BCUT2D eigenvalue weighted by Gasteiger charge is -2.32. The first-order valence-corrected chi connectivity index (χ1v) is 26.1. The van der Waals surface area contributed by atoms with E-state index in [0.717, 1.165) is 32.6 Å². The molecule has 0 aliphatic carbocycles. The van der Waals surface area contributed by atoms with Crippen LogP contribution in [-0.4, -0.2) is 54.7 Å². The molecule has 3 saturated heterocycles. The molecule has 72 heavy (non-hydrogen) atoms. The quantitative estimate of drug-likeness (QED) is 0.140. The largest absolute Gasteiger partial charge is 0.495 e. The van der Waals surface area contributed by atoms with Crippen LogP contribution in [0.1, 0.15) is 116 Å². The van der Waals surface area contributed by atoms with E-state index < -0.39 is 14.0 Å². The van der Waals surface area contributed by atoms with Gasteiger partial charge in [0.15, 0.2) is 0 Å². The average Bonchev–Trinajstić information content (AvgIpc) is 3.77. The van der Waals surface area contributed by atoms with Crippen LogP contribution in [0.2, 0.25) is 0 Å². The number of rotatable bonds is 8. The minimum atomic E-state index is -0.476. The Kier molecular flexibility index (Phi) is 16.0. The zero-order valence-electron chi connectivity index (χ0n) is 46.2. The zero-order valence-corrected chi connectivity index (χ0v) is 47.7. The molecule has 3 aliphatic heterocycles. The molecule has 6 aromatic rings. The minimum Gasteiger partial charge on any atom is -0.405 e. The Hall–Kier alpha value is -4.65. The molecule has 6 aromatic carbocycles. The molecule has 0 spiro atoms. The predicted octanol–water partition coefficient (Wildman–Crippen LogP) is 15.5. The van der Waals surface area contributed by atoms with Gasteiger partial charge in [-0.3, -0.25) is 0 Å². The van der Waals surface area contributed by atoms with Gasteiger partial charge in [-0.15, -0.1) is 0 Å². The van der Waals surface area contributed by atoms with Gasteiger partial charge in [0.1, 0.15) is 0 Å². The molecule has 0 aromatic heterocycles. The summed E-state index contributed by atoms with van der Waals surface area (Å²) in [6.07, 6.45) is 0. The van der Waals surface area contributed by atoms with Crippen molar-refractivity contribution in [1.29, 1.82) is 0 Å². The van der Waals surface area contributed by atoms with E-state index in [0.29, 0.717) is 0 Å². The maximum Gasteiger partial charge on any atom is 0.495 e. The van der Waals surface area contributed by atoms with Crippen molar-refractivity contribution in [3.8, 4) is 0 Å². The summed E-state index contributed by atoms with van der Waals surface area (Å²) in [4.78, 5) is 4.58. The second kappa shape index (κ2) is 20.9. The number of nitrogens with zero attached hydrogens (tertiary/aromatic N) is 2. The normalized spacial score (nSPS) is 18.7. The maximum atomic E-state index is 6.29. The van der Waals surface area contributed by atoms with Crippen LogP contribution in [0.25, 0.3) is 0 Å². The average molecular weight is 1030 g/mol. The van der Waals surface area contributed by atoms with Gasteiger partial charge < -0.3 is 37.7 Å². The Morgan fingerprint density at radius 3 is 0.847 bits per heavy atom. The van der Waals surface area contributed by atoms with Gasteiger partial charge in [0.05, 0.1) is 33.6 Å². The maximum absolute atomic E-state index is 6.29. The third kappa shape index (κ3) is 12.0. The monoisotopic (exact) mass is 1030 g/mol. The van der Waals surface area contributed by atoms with Gasteiger partial charge >= 0.3 is 21.1 Å². The highest BCUT2D eigenvalue weighted by Gasteiger charge is 2.63. The first-order chi connectivity index (χ1) is 33.5. The Bertz CT molecular complexity index is 2640. The highest BCUT2D eigenvalue weighted by Crippen LogP contribution is 2.44. The van der Waals surface area contributed by atoms with Gasteiger partial charge in [-0.05, 0) is 220 Å². The molecule has 3 fully saturated rings. The molecule has 0 N–H and O–H groups in total. The Labute approximate surface area is 441 Å². The van der Waals surface area contributed by atoms with E-state index in [-0.39, 0.29) is 40.7 Å². The number of benzene rings is 6. The molecule has 0 saturated carbocycles. The van der Waals surface area contributed by atoms with E-state index in [2.05, 4.69) is 228 Å². The van der Waals surface area contributed by atoms with E-state index in [1.54, 1.807) is 0 Å². The number of anilines is 6. The number of halogens is 1. The predicted molar refractivity (Wildman–Crippen MR) is 306 cm³/mol. The van der Waals surface area contributed by atoms with Crippen LogP contribution in [0.5, 0.6) is 0 Å². The van der Waals surface area contributed by atoms with Crippen molar-refractivity contribution in [3.05, 3.63) is 171 Å². The zero-order chi connectivity index (χ0) is 52.8. The fourth-order valence-corrected chi connectivity index (χ4v) is 8.72. The number of aryl methyl sites for hydroxylation is 6. The molecule has 378 valence electrons. The Balaban J connectivity index is 0.000000165. The van der Waals surface area contributed by atoms with Crippen molar-refractivity contribution in [2.75, 3.05) is 9.80 Å².